The van der Waals surface area contributed by atoms with Gasteiger partial charge >= 0.3 is 0 Å². The molecule has 3 aromatic rings. The molecule has 1 fully saturated rings. The molecular formula is C23H23ClFN3O. The molecule has 0 amide bonds. The molecule has 0 aliphatic carbocycles. The van der Waals surface area contributed by atoms with Gasteiger partial charge in [-0.3, -0.25) is 4.98 Å². The van der Waals surface area contributed by atoms with E-state index >= 15 is 0 Å². The molecule has 1 aromatic carbocycles. The van der Waals surface area contributed by atoms with Crippen molar-refractivity contribution in [2.45, 2.75) is 25.8 Å². The summed E-state index contributed by atoms with van der Waals surface area (Å²) in [6.07, 6.45) is 4.84. The molecule has 6 heteroatoms. The average molecular weight is 412 g/mol. The van der Waals surface area contributed by atoms with E-state index in [-0.39, 0.29) is 5.82 Å². The molecule has 1 aliphatic heterocycles. The highest BCUT2D eigenvalue weighted by Crippen LogP contribution is 2.29. The van der Waals surface area contributed by atoms with Crippen molar-refractivity contribution >= 4 is 17.4 Å². The molecule has 0 spiro atoms. The number of halogens is 2. The molecule has 1 aliphatic rings. The molecule has 0 unspecified atom stereocenters. The van der Waals surface area contributed by atoms with E-state index in [9.17, 15) is 4.39 Å². The average Bonchev–Trinajstić information content (AvgIpc) is 2.75. The van der Waals surface area contributed by atoms with E-state index in [1.807, 2.05) is 30.3 Å². The number of hydrogen-bond donors (Lipinski definition) is 1. The number of benzene rings is 1. The van der Waals surface area contributed by atoms with Crippen LogP contribution >= 0.6 is 11.6 Å². The van der Waals surface area contributed by atoms with Gasteiger partial charge in [-0.25, -0.2) is 9.37 Å². The summed E-state index contributed by atoms with van der Waals surface area (Å²) in [5.41, 5.74) is 3.50. The van der Waals surface area contributed by atoms with Gasteiger partial charge in [0.05, 0.1) is 10.7 Å². The molecule has 1 atom stereocenters. The number of nitrogens with zero attached hydrogens (tertiary/aromatic N) is 2. The Labute approximate surface area is 175 Å². The quantitative estimate of drug-likeness (QED) is 0.580. The van der Waals surface area contributed by atoms with Crippen molar-refractivity contribution in [2.75, 3.05) is 18.5 Å². The van der Waals surface area contributed by atoms with E-state index < -0.39 is 0 Å². The van der Waals surface area contributed by atoms with Crippen molar-refractivity contribution in [3.05, 3.63) is 76.8 Å². The fourth-order valence-corrected chi connectivity index (χ4v) is 3.78. The van der Waals surface area contributed by atoms with Crippen LogP contribution < -0.4 is 5.32 Å². The minimum Gasteiger partial charge on any atom is -0.381 e. The zero-order chi connectivity index (χ0) is 20.1. The summed E-state index contributed by atoms with van der Waals surface area (Å²) in [5, 5.41) is 3.82. The number of aromatic nitrogens is 2. The molecule has 0 bridgehead atoms. The Hall–Kier alpha value is -2.50. The summed E-state index contributed by atoms with van der Waals surface area (Å²) in [7, 11) is 0. The number of nitrogens with one attached hydrogen (secondary N) is 1. The summed E-state index contributed by atoms with van der Waals surface area (Å²) >= 11 is 6.43. The highest BCUT2D eigenvalue weighted by Gasteiger charge is 2.16. The highest BCUT2D eigenvalue weighted by molar-refractivity contribution is 6.33. The van der Waals surface area contributed by atoms with Crippen LogP contribution in [-0.2, 0) is 17.7 Å². The van der Waals surface area contributed by atoms with E-state index in [1.165, 1.54) is 12.1 Å². The van der Waals surface area contributed by atoms with Gasteiger partial charge in [-0.05, 0) is 61.1 Å². The van der Waals surface area contributed by atoms with Crippen molar-refractivity contribution in [3.8, 4) is 11.3 Å². The van der Waals surface area contributed by atoms with Gasteiger partial charge in [-0.2, -0.15) is 0 Å². The standard InChI is InChI=1S/C23H23ClFN3O/c24-21-14-26-19(11-17-5-3-9-29-15-17)12-20(21)22-7-2-8-23(28-22)27-13-16-4-1-6-18(25)10-16/h1-2,4,6-8,10,12,14,17H,3,5,9,11,13,15H2,(H,27,28)/t17-/m1/s1. The fourth-order valence-electron chi connectivity index (χ4n) is 3.58. The predicted molar refractivity (Wildman–Crippen MR) is 113 cm³/mol. The molecule has 4 nitrogen and oxygen atoms in total. The van der Waals surface area contributed by atoms with Crippen molar-refractivity contribution in [3.63, 3.8) is 0 Å². The van der Waals surface area contributed by atoms with Gasteiger partial charge in [-0.15, -0.1) is 0 Å². The monoisotopic (exact) mass is 411 g/mol. The van der Waals surface area contributed by atoms with Gasteiger partial charge in [0.2, 0.25) is 0 Å². The maximum Gasteiger partial charge on any atom is 0.126 e. The Balaban J connectivity index is 1.50. The van der Waals surface area contributed by atoms with Crippen molar-refractivity contribution in [1.29, 1.82) is 0 Å². The maximum atomic E-state index is 13.4. The third kappa shape index (κ3) is 5.31. The van der Waals surface area contributed by atoms with Crippen LogP contribution in [0.1, 0.15) is 24.1 Å². The Kier molecular flexibility index (Phi) is 6.37. The maximum absolute atomic E-state index is 13.4. The number of rotatable bonds is 6. The molecule has 1 saturated heterocycles. The number of pyridine rings is 2. The molecule has 4 rings (SSSR count). The smallest absolute Gasteiger partial charge is 0.126 e. The number of ether oxygens (including phenoxy) is 1. The van der Waals surface area contributed by atoms with Gasteiger partial charge in [-0.1, -0.05) is 29.8 Å². The molecule has 0 radical (unpaired) electrons. The Bertz CT molecular complexity index is 976. The van der Waals surface area contributed by atoms with Gasteiger partial charge in [0, 0.05) is 37.2 Å². The summed E-state index contributed by atoms with van der Waals surface area (Å²) in [6.45, 7) is 2.14. The van der Waals surface area contributed by atoms with Crippen LogP contribution in [0.5, 0.6) is 0 Å². The van der Waals surface area contributed by atoms with Crippen molar-refractivity contribution < 1.29 is 9.13 Å². The zero-order valence-electron chi connectivity index (χ0n) is 16.1. The Morgan fingerprint density at radius 1 is 1.17 bits per heavy atom. The lowest BCUT2D eigenvalue weighted by molar-refractivity contribution is 0.0547. The molecule has 1 N–H and O–H groups in total. The first-order valence-corrected chi connectivity index (χ1v) is 10.2. The van der Waals surface area contributed by atoms with E-state index in [0.717, 1.165) is 55.0 Å². The van der Waals surface area contributed by atoms with E-state index in [1.54, 1.807) is 12.3 Å². The lowest BCUT2D eigenvalue weighted by Gasteiger charge is -2.21. The third-order valence-corrected chi connectivity index (χ3v) is 5.35. The zero-order valence-corrected chi connectivity index (χ0v) is 16.8. The SMILES string of the molecule is Fc1cccc(CNc2cccc(-c3cc(C[C@H]4CCCOC4)ncc3Cl)n2)c1. The second kappa shape index (κ2) is 9.33. The molecule has 150 valence electrons. The minimum atomic E-state index is -0.245. The van der Waals surface area contributed by atoms with Crippen LogP contribution in [0.25, 0.3) is 11.3 Å². The summed E-state index contributed by atoms with van der Waals surface area (Å²) < 4.78 is 18.9. The van der Waals surface area contributed by atoms with Crippen LogP contribution in [0.15, 0.2) is 54.7 Å². The predicted octanol–water partition coefficient (Wildman–Crippen LogP) is 5.52. The van der Waals surface area contributed by atoms with E-state index in [0.29, 0.717) is 23.3 Å². The lowest BCUT2D eigenvalue weighted by Crippen LogP contribution is -2.19. The lowest BCUT2D eigenvalue weighted by atomic mass is 9.96. The van der Waals surface area contributed by atoms with Crippen molar-refractivity contribution in [1.82, 2.24) is 9.97 Å². The normalized spacial score (nSPS) is 16.6. The topological polar surface area (TPSA) is 47.0 Å². The molecule has 3 heterocycles. The summed E-state index contributed by atoms with van der Waals surface area (Å²) in [4.78, 5) is 9.19. The first-order chi connectivity index (χ1) is 14.2. The second-order valence-electron chi connectivity index (χ2n) is 7.33. The molecular weight excluding hydrogens is 389 g/mol. The van der Waals surface area contributed by atoms with Gasteiger partial charge < -0.3 is 10.1 Å². The van der Waals surface area contributed by atoms with E-state index in [4.69, 9.17) is 16.3 Å². The largest absolute Gasteiger partial charge is 0.381 e. The third-order valence-electron chi connectivity index (χ3n) is 5.05. The summed E-state index contributed by atoms with van der Waals surface area (Å²) in [5.74, 6) is 0.963. The van der Waals surface area contributed by atoms with Gasteiger partial charge in [0.15, 0.2) is 0 Å². The first-order valence-electron chi connectivity index (χ1n) is 9.85. The van der Waals surface area contributed by atoms with Crippen LogP contribution in [0, 0.1) is 11.7 Å². The number of anilines is 1. The van der Waals surface area contributed by atoms with E-state index in [2.05, 4.69) is 15.3 Å². The molecule has 0 saturated carbocycles. The number of hydrogen-bond acceptors (Lipinski definition) is 4. The summed E-state index contributed by atoms with van der Waals surface area (Å²) in [6, 6.07) is 14.3. The molecule has 29 heavy (non-hydrogen) atoms. The first kappa shape index (κ1) is 19.8. The minimum absolute atomic E-state index is 0.245. The molecule has 2 aromatic heterocycles. The fraction of sp³-hybridized carbons (Fsp3) is 0.304. The van der Waals surface area contributed by atoms with Crippen molar-refractivity contribution in [2.24, 2.45) is 5.92 Å². The highest BCUT2D eigenvalue weighted by atomic mass is 35.5. The van der Waals surface area contributed by atoms with Crippen LogP contribution in [0.4, 0.5) is 10.2 Å². The Morgan fingerprint density at radius 3 is 2.90 bits per heavy atom. The second-order valence-corrected chi connectivity index (χ2v) is 7.74. The van der Waals surface area contributed by atoms with Crippen LogP contribution in [0.3, 0.4) is 0 Å². The van der Waals surface area contributed by atoms with Gasteiger partial charge in [0.1, 0.15) is 11.6 Å². The Morgan fingerprint density at radius 2 is 2.07 bits per heavy atom. The van der Waals surface area contributed by atoms with Crippen LogP contribution in [-0.4, -0.2) is 23.2 Å². The van der Waals surface area contributed by atoms with Gasteiger partial charge in [0.25, 0.3) is 0 Å². The van der Waals surface area contributed by atoms with Crippen LogP contribution in [0.2, 0.25) is 5.02 Å².